The average molecular weight is 259 g/mol. The molecule has 1 aromatic carbocycles. The van der Waals surface area contributed by atoms with Crippen molar-refractivity contribution < 1.29 is 4.74 Å². The maximum atomic E-state index is 5.87. The molecule has 0 saturated heterocycles. The molecule has 4 heteroatoms. The van der Waals surface area contributed by atoms with Crippen LogP contribution in [0.2, 0.25) is 0 Å². The van der Waals surface area contributed by atoms with E-state index in [9.17, 15) is 0 Å². The molecule has 1 unspecified atom stereocenters. The number of hydrogen-bond donors (Lipinski definition) is 1. The third kappa shape index (κ3) is 3.35. The van der Waals surface area contributed by atoms with Crippen molar-refractivity contribution in [1.29, 1.82) is 0 Å². The van der Waals surface area contributed by atoms with Crippen molar-refractivity contribution in [3.05, 3.63) is 47.3 Å². The summed E-state index contributed by atoms with van der Waals surface area (Å²) in [4.78, 5) is 0. The largest absolute Gasteiger partial charge is 0.487 e. The fourth-order valence-electron chi connectivity index (χ4n) is 2.03. The van der Waals surface area contributed by atoms with Crippen LogP contribution in [0.25, 0.3) is 0 Å². The summed E-state index contributed by atoms with van der Waals surface area (Å²) in [7, 11) is 0. The summed E-state index contributed by atoms with van der Waals surface area (Å²) in [6.45, 7) is 7.41. The Balaban J connectivity index is 2.07. The minimum absolute atomic E-state index is 0.0203. The second-order valence-corrected chi connectivity index (χ2v) is 4.74. The minimum Gasteiger partial charge on any atom is -0.487 e. The topological polar surface area (TPSA) is 53.1 Å². The van der Waals surface area contributed by atoms with E-state index in [2.05, 4.69) is 18.1 Å². The summed E-state index contributed by atoms with van der Waals surface area (Å²) in [5, 5.41) is 4.40. The van der Waals surface area contributed by atoms with Crippen molar-refractivity contribution in [1.82, 2.24) is 9.78 Å². The summed E-state index contributed by atoms with van der Waals surface area (Å²) < 4.78 is 7.79. The molecule has 0 spiro atoms. The van der Waals surface area contributed by atoms with Crippen LogP contribution in [0.1, 0.15) is 36.8 Å². The Morgan fingerprint density at radius 2 is 2.16 bits per heavy atom. The first-order valence-corrected chi connectivity index (χ1v) is 6.61. The van der Waals surface area contributed by atoms with E-state index < -0.39 is 0 Å². The fraction of sp³-hybridized carbons (Fsp3) is 0.400. The van der Waals surface area contributed by atoms with Gasteiger partial charge in [-0.25, -0.2) is 0 Å². The molecule has 2 aromatic rings. The predicted octanol–water partition coefficient (Wildman–Crippen LogP) is 2.81. The molecule has 4 nitrogen and oxygen atoms in total. The van der Waals surface area contributed by atoms with Crippen LogP contribution in [0.3, 0.4) is 0 Å². The molecule has 0 bridgehead atoms. The van der Waals surface area contributed by atoms with Gasteiger partial charge in [0.2, 0.25) is 0 Å². The zero-order chi connectivity index (χ0) is 13.8. The zero-order valence-electron chi connectivity index (χ0n) is 11.8. The first kappa shape index (κ1) is 13.6. The Morgan fingerprint density at radius 3 is 2.84 bits per heavy atom. The van der Waals surface area contributed by atoms with Crippen LogP contribution in [-0.2, 0) is 13.2 Å². The normalized spacial score (nSPS) is 12.4. The molecule has 0 radical (unpaired) electrons. The van der Waals surface area contributed by atoms with Crippen LogP contribution in [-0.4, -0.2) is 9.78 Å². The quantitative estimate of drug-likeness (QED) is 0.898. The molecule has 2 rings (SSSR count). The predicted molar refractivity (Wildman–Crippen MR) is 76.0 cm³/mol. The van der Waals surface area contributed by atoms with E-state index >= 15 is 0 Å². The van der Waals surface area contributed by atoms with Crippen molar-refractivity contribution in [3.8, 4) is 5.75 Å². The van der Waals surface area contributed by atoms with Gasteiger partial charge < -0.3 is 10.5 Å². The molecule has 0 aliphatic heterocycles. The van der Waals surface area contributed by atoms with Crippen molar-refractivity contribution >= 4 is 0 Å². The Hall–Kier alpha value is -1.81. The first-order chi connectivity index (χ1) is 9.10. The molecule has 19 heavy (non-hydrogen) atoms. The highest BCUT2D eigenvalue weighted by Gasteiger charge is 2.06. The highest BCUT2D eigenvalue weighted by Crippen LogP contribution is 2.19. The Labute approximate surface area is 114 Å². The molecule has 0 fully saturated rings. The Bertz CT molecular complexity index is 546. The van der Waals surface area contributed by atoms with Gasteiger partial charge in [-0.3, -0.25) is 4.68 Å². The number of aryl methyl sites for hydroxylation is 2. The molecular formula is C15H21N3O. The monoisotopic (exact) mass is 259 g/mol. The van der Waals surface area contributed by atoms with Gasteiger partial charge in [-0.2, -0.15) is 5.10 Å². The molecule has 1 heterocycles. The SMILES string of the molecule is CCn1nc(C)cc1COc1cccc(C(C)N)c1. The lowest BCUT2D eigenvalue weighted by atomic mass is 10.1. The lowest BCUT2D eigenvalue weighted by Crippen LogP contribution is -2.07. The maximum Gasteiger partial charge on any atom is 0.130 e. The summed E-state index contributed by atoms with van der Waals surface area (Å²) in [6, 6.07) is 10.00. The molecule has 0 saturated carbocycles. The Kier molecular flexibility index (Phi) is 4.22. The second kappa shape index (κ2) is 5.89. The van der Waals surface area contributed by atoms with E-state index in [1.165, 1.54) is 0 Å². The molecule has 102 valence electrons. The molecular weight excluding hydrogens is 238 g/mol. The van der Waals surface area contributed by atoms with Gasteiger partial charge in [0.15, 0.2) is 0 Å². The smallest absolute Gasteiger partial charge is 0.130 e. The van der Waals surface area contributed by atoms with Gasteiger partial charge in [0.1, 0.15) is 12.4 Å². The number of nitrogens with zero attached hydrogens (tertiary/aromatic N) is 2. The molecule has 0 aliphatic rings. The number of hydrogen-bond acceptors (Lipinski definition) is 3. The van der Waals surface area contributed by atoms with Gasteiger partial charge in [-0.15, -0.1) is 0 Å². The number of ether oxygens (including phenoxy) is 1. The van der Waals surface area contributed by atoms with Crippen LogP contribution in [0.4, 0.5) is 0 Å². The molecule has 0 amide bonds. The van der Waals surface area contributed by atoms with Gasteiger partial charge in [0, 0.05) is 12.6 Å². The van der Waals surface area contributed by atoms with Crippen molar-refractivity contribution in [2.75, 3.05) is 0 Å². The third-order valence-electron chi connectivity index (χ3n) is 3.06. The van der Waals surface area contributed by atoms with E-state index in [0.29, 0.717) is 6.61 Å². The fourth-order valence-corrected chi connectivity index (χ4v) is 2.03. The summed E-state index contributed by atoms with van der Waals surface area (Å²) >= 11 is 0. The van der Waals surface area contributed by atoms with Gasteiger partial charge >= 0.3 is 0 Å². The molecule has 2 N–H and O–H groups in total. The van der Waals surface area contributed by atoms with E-state index in [1.807, 2.05) is 42.8 Å². The van der Waals surface area contributed by atoms with Gasteiger partial charge in [-0.05, 0) is 44.5 Å². The Morgan fingerprint density at radius 1 is 1.37 bits per heavy atom. The highest BCUT2D eigenvalue weighted by molar-refractivity contribution is 5.30. The molecule has 1 aromatic heterocycles. The van der Waals surface area contributed by atoms with Gasteiger partial charge in [-0.1, -0.05) is 12.1 Å². The number of benzene rings is 1. The van der Waals surface area contributed by atoms with Crippen LogP contribution in [0.5, 0.6) is 5.75 Å². The van der Waals surface area contributed by atoms with Gasteiger partial charge in [0.25, 0.3) is 0 Å². The zero-order valence-corrected chi connectivity index (χ0v) is 11.8. The average Bonchev–Trinajstić information content (AvgIpc) is 2.77. The van der Waals surface area contributed by atoms with Gasteiger partial charge in [0.05, 0.1) is 11.4 Å². The summed E-state index contributed by atoms with van der Waals surface area (Å²) in [5.74, 6) is 0.844. The molecule has 0 aliphatic carbocycles. The third-order valence-corrected chi connectivity index (χ3v) is 3.06. The van der Waals surface area contributed by atoms with Crippen molar-refractivity contribution in [2.45, 2.75) is 40.0 Å². The van der Waals surface area contributed by atoms with Crippen molar-refractivity contribution in [3.63, 3.8) is 0 Å². The van der Waals surface area contributed by atoms with Crippen LogP contribution in [0, 0.1) is 6.92 Å². The van der Waals surface area contributed by atoms with Crippen LogP contribution in [0.15, 0.2) is 30.3 Å². The summed E-state index contributed by atoms with van der Waals surface area (Å²) in [6.07, 6.45) is 0. The molecule has 1 atom stereocenters. The van der Waals surface area contributed by atoms with Crippen molar-refractivity contribution in [2.24, 2.45) is 5.73 Å². The number of nitrogens with two attached hydrogens (primary N) is 1. The number of rotatable bonds is 5. The lowest BCUT2D eigenvalue weighted by molar-refractivity contribution is 0.292. The minimum atomic E-state index is 0.0203. The summed E-state index contributed by atoms with van der Waals surface area (Å²) in [5.41, 5.74) is 9.06. The van der Waals surface area contributed by atoms with Crippen LogP contribution < -0.4 is 10.5 Å². The van der Waals surface area contributed by atoms with E-state index in [4.69, 9.17) is 10.5 Å². The van der Waals surface area contributed by atoms with E-state index in [0.717, 1.165) is 29.2 Å². The second-order valence-electron chi connectivity index (χ2n) is 4.74. The highest BCUT2D eigenvalue weighted by atomic mass is 16.5. The van der Waals surface area contributed by atoms with E-state index in [1.54, 1.807) is 0 Å². The van der Waals surface area contributed by atoms with Crippen LogP contribution >= 0.6 is 0 Å². The standard InChI is InChI=1S/C15H21N3O/c1-4-18-14(8-11(2)17-18)10-19-15-7-5-6-13(9-15)12(3)16/h5-9,12H,4,10,16H2,1-3H3. The van der Waals surface area contributed by atoms with E-state index in [-0.39, 0.29) is 6.04 Å². The number of aromatic nitrogens is 2. The lowest BCUT2D eigenvalue weighted by Gasteiger charge is -2.10. The first-order valence-electron chi connectivity index (χ1n) is 6.61. The maximum absolute atomic E-state index is 5.87.